The summed E-state index contributed by atoms with van der Waals surface area (Å²) in [5.74, 6) is 0. The molecule has 1 aromatic carbocycles. The number of aliphatic hydroxyl groups is 1. The molecular formula is C14H9F6NO. The van der Waals surface area contributed by atoms with E-state index in [2.05, 4.69) is 4.98 Å². The zero-order chi connectivity index (χ0) is 16.5. The van der Waals surface area contributed by atoms with Gasteiger partial charge in [0.2, 0.25) is 0 Å². The second-order valence-corrected chi connectivity index (χ2v) is 4.42. The minimum Gasteiger partial charge on any atom is -0.390 e. The van der Waals surface area contributed by atoms with Gasteiger partial charge in [0.1, 0.15) is 0 Å². The molecule has 0 aliphatic rings. The van der Waals surface area contributed by atoms with Gasteiger partial charge in [0, 0.05) is 11.8 Å². The summed E-state index contributed by atoms with van der Waals surface area (Å²) in [7, 11) is 0. The van der Waals surface area contributed by atoms with Crippen molar-refractivity contribution >= 4 is 0 Å². The standard InChI is InChI=1S/C14H9F6NO/c15-13(16,17)8-5-10(12(7-22)21-6-8)9-3-1-2-4-11(9)14(18,19)20/h1-6,22H,7H2. The van der Waals surface area contributed by atoms with Crippen molar-refractivity contribution in [2.75, 3.05) is 0 Å². The molecule has 2 aromatic rings. The van der Waals surface area contributed by atoms with Crippen molar-refractivity contribution in [3.8, 4) is 11.1 Å². The third-order valence-electron chi connectivity index (χ3n) is 2.97. The second-order valence-electron chi connectivity index (χ2n) is 4.42. The molecule has 0 bridgehead atoms. The first kappa shape index (κ1) is 16.3. The van der Waals surface area contributed by atoms with E-state index in [9.17, 15) is 26.3 Å². The van der Waals surface area contributed by atoms with E-state index in [0.29, 0.717) is 12.3 Å². The first-order chi connectivity index (χ1) is 10.1. The van der Waals surface area contributed by atoms with Crippen molar-refractivity contribution in [3.05, 3.63) is 53.3 Å². The maximum Gasteiger partial charge on any atom is 0.417 e. The minimum atomic E-state index is -4.75. The SMILES string of the molecule is OCc1ncc(C(F)(F)F)cc1-c1ccccc1C(F)(F)F. The molecule has 0 amide bonds. The van der Waals surface area contributed by atoms with Crippen LogP contribution in [0.4, 0.5) is 26.3 Å². The van der Waals surface area contributed by atoms with Crippen LogP contribution in [0.2, 0.25) is 0 Å². The molecule has 0 aliphatic heterocycles. The number of hydrogen-bond donors (Lipinski definition) is 1. The third-order valence-corrected chi connectivity index (χ3v) is 2.97. The van der Waals surface area contributed by atoms with Crippen LogP contribution >= 0.6 is 0 Å². The van der Waals surface area contributed by atoms with Crippen LogP contribution in [0.5, 0.6) is 0 Å². The lowest BCUT2D eigenvalue weighted by Crippen LogP contribution is -2.10. The van der Waals surface area contributed by atoms with Gasteiger partial charge in [-0.2, -0.15) is 26.3 Å². The summed E-state index contributed by atoms with van der Waals surface area (Å²) in [6.45, 7) is -0.778. The highest BCUT2D eigenvalue weighted by Crippen LogP contribution is 2.39. The molecule has 1 heterocycles. The van der Waals surface area contributed by atoms with Gasteiger partial charge in [-0.25, -0.2) is 0 Å². The van der Waals surface area contributed by atoms with Crippen LogP contribution in [0.1, 0.15) is 16.8 Å². The predicted molar refractivity (Wildman–Crippen MR) is 65.6 cm³/mol. The fourth-order valence-electron chi connectivity index (χ4n) is 1.97. The third kappa shape index (κ3) is 3.22. The Labute approximate surface area is 121 Å². The molecule has 0 atom stereocenters. The number of nitrogens with zero attached hydrogens (tertiary/aromatic N) is 1. The van der Waals surface area contributed by atoms with E-state index in [1.54, 1.807) is 0 Å². The molecule has 1 N–H and O–H groups in total. The van der Waals surface area contributed by atoms with E-state index in [1.807, 2.05) is 0 Å². The van der Waals surface area contributed by atoms with Crippen LogP contribution in [0, 0.1) is 0 Å². The van der Waals surface area contributed by atoms with E-state index in [4.69, 9.17) is 5.11 Å². The highest BCUT2D eigenvalue weighted by atomic mass is 19.4. The Morgan fingerprint density at radius 1 is 0.909 bits per heavy atom. The summed E-state index contributed by atoms with van der Waals surface area (Å²) in [5.41, 5.74) is -3.39. The van der Waals surface area contributed by atoms with E-state index in [0.717, 1.165) is 18.2 Å². The highest BCUT2D eigenvalue weighted by Gasteiger charge is 2.35. The molecule has 0 unspecified atom stereocenters. The molecule has 0 saturated carbocycles. The van der Waals surface area contributed by atoms with Gasteiger partial charge >= 0.3 is 12.4 Å². The van der Waals surface area contributed by atoms with Gasteiger partial charge in [-0.15, -0.1) is 0 Å². The Hall–Kier alpha value is -2.09. The van der Waals surface area contributed by atoms with Gasteiger partial charge in [0.25, 0.3) is 0 Å². The van der Waals surface area contributed by atoms with E-state index < -0.39 is 41.2 Å². The molecule has 8 heteroatoms. The first-order valence-electron chi connectivity index (χ1n) is 5.98. The van der Waals surface area contributed by atoms with Crippen LogP contribution < -0.4 is 0 Å². The molecule has 0 fully saturated rings. The number of pyridine rings is 1. The van der Waals surface area contributed by atoms with E-state index in [1.165, 1.54) is 6.07 Å². The van der Waals surface area contributed by atoms with Crippen molar-refractivity contribution in [1.82, 2.24) is 4.98 Å². The molecule has 1 aromatic heterocycles. The summed E-state index contributed by atoms with van der Waals surface area (Å²) < 4.78 is 77.2. The van der Waals surface area contributed by atoms with Gasteiger partial charge in [-0.05, 0) is 17.7 Å². The van der Waals surface area contributed by atoms with Crippen LogP contribution in [0.25, 0.3) is 11.1 Å². The topological polar surface area (TPSA) is 33.1 Å². The Morgan fingerprint density at radius 2 is 1.55 bits per heavy atom. The van der Waals surface area contributed by atoms with Crippen LogP contribution in [0.3, 0.4) is 0 Å². The lowest BCUT2D eigenvalue weighted by atomic mass is 9.96. The molecule has 0 saturated heterocycles. The van der Waals surface area contributed by atoms with E-state index >= 15 is 0 Å². The number of alkyl halides is 6. The monoisotopic (exact) mass is 321 g/mol. The van der Waals surface area contributed by atoms with Gasteiger partial charge < -0.3 is 5.11 Å². The van der Waals surface area contributed by atoms with Crippen molar-refractivity contribution < 1.29 is 31.4 Å². The smallest absolute Gasteiger partial charge is 0.390 e. The zero-order valence-electron chi connectivity index (χ0n) is 10.8. The number of rotatable bonds is 2. The van der Waals surface area contributed by atoms with Crippen LogP contribution in [-0.2, 0) is 19.0 Å². The van der Waals surface area contributed by atoms with Gasteiger partial charge in [-0.3, -0.25) is 4.98 Å². The van der Waals surface area contributed by atoms with Crippen LogP contribution in [0.15, 0.2) is 36.5 Å². The maximum atomic E-state index is 13.0. The fourth-order valence-corrected chi connectivity index (χ4v) is 1.97. The molecule has 2 rings (SSSR count). The molecule has 0 radical (unpaired) electrons. The Balaban J connectivity index is 2.72. The minimum absolute atomic E-state index is 0.260. The fraction of sp³-hybridized carbons (Fsp3) is 0.214. The molecular weight excluding hydrogens is 312 g/mol. The maximum absolute atomic E-state index is 13.0. The summed E-state index contributed by atoms with van der Waals surface area (Å²) in [5, 5.41) is 9.14. The van der Waals surface area contributed by atoms with Gasteiger partial charge in [0.15, 0.2) is 0 Å². The predicted octanol–water partition coefficient (Wildman–Crippen LogP) is 4.28. The molecule has 0 spiro atoms. The summed E-state index contributed by atoms with van der Waals surface area (Å²) in [6, 6.07) is 4.76. The van der Waals surface area contributed by atoms with Crippen LogP contribution in [-0.4, -0.2) is 10.1 Å². The molecule has 0 aliphatic carbocycles. The lowest BCUT2D eigenvalue weighted by Gasteiger charge is -2.16. The Morgan fingerprint density at radius 3 is 2.09 bits per heavy atom. The highest BCUT2D eigenvalue weighted by molar-refractivity contribution is 5.70. The van der Waals surface area contributed by atoms with Gasteiger partial charge in [-0.1, -0.05) is 18.2 Å². The van der Waals surface area contributed by atoms with Gasteiger partial charge in [0.05, 0.1) is 23.4 Å². The lowest BCUT2D eigenvalue weighted by molar-refractivity contribution is -0.138. The quantitative estimate of drug-likeness (QED) is 0.838. The summed E-state index contributed by atoms with van der Waals surface area (Å²) in [6.07, 6.45) is -9.01. The number of aromatic nitrogens is 1. The van der Waals surface area contributed by atoms with Crippen molar-refractivity contribution in [2.45, 2.75) is 19.0 Å². The Kier molecular flexibility index (Phi) is 4.15. The summed E-state index contributed by atoms with van der Waals surface area (Å²) in [4.78, 5) is 3.43. The molecule has 2 nitrogen and oxygen atoms in total. The summed E-state index contributed by atoms with van der Waals surface area (Å²) >= 11 is 0. The second kappa shape index (κ2) is 5.60. The van der Waals surface area contributed by atoms with Crippen molar-refractivity contribution in [1.29, 1.82) is 0 Å². The number of hydrogen-bond acceptors (Lipinski definition) is 2. The average molecular weight is 321 g/mol. The zero-order valence-corrected chi connectivity index (χ0v) is 10.8. The van der Waals surface area contributed by atoms with Crippen molar-refractivity contribution in [2.24, 2.45) is 0 Å². The normalized spacial score (nSPS) is 12.5. The largest absolute Gasteiger partial charge is 0.417 e. The number of halogens is 6. The number of aliphatic hydroxyl groups excluding tert-OH is 1. The Bertz CT molecular complexity index is 678. The average Bonchev–Trinajstić information content (AvgIpc) is 2.44. The molecule has 22 heavy (non-hydrogen) atoms. The van der Waals surface area contributed by atoms with Crippen molar-refractivity contribution in [3.63, 3.8) is 0 Å². The van der Waals surface area contributed by atoms with E-state index in [-0.39, 0.29) is 5.69 Å². The first-order valence-corrected chi connectivity index (χ1v) is 5.98. The number of benzene rings is 1. The molecule has 118 valence electrons.